The van der Waals surface area contributed by atoms with E-state index in [9.17, 15) is 10.2 Å². The normalized spacial score (nSPS) is 56.2. The quantitative estimate of drug-likeness (QED) is 0.573. The van der Waals surface area contributed by atoms with Crippen LogP contribution in [-0.2, 0) is 0 Å². The van der Waals surface area contributed by atoms with E-state index < -0.39 is 11.7 Å². The molecule has 0 aliphatic heterocycles. The van der Waals surface area contributed by atoms with Gasteiger partial charge in [-0.2, -0.15) is 0 Å². The lowest BCUT2D eigenvalue weighted by molar-refractivity contribution is -0.245. The summed E-state index contributed by atoms with van der Waals surface area (Å²) in [4.78, 5) is 0. The molecule has 2 N–H and O–H groups in total. The Kier molecular flexibility index (Phi) is 1.45. The van der Waals surface area contributed by atoms with E-state index in [1.54, 1.807) is 6.92 Å². The van der Waals surface area contributed by atoms with Crippen LogP contribution in [0, 0.1) is 17.3 Å². The van der Waals surface area contributed by atoms with Gasteiger partial charge in [-0.05, 0) is 37.0 Å². The number of hydrogen-bond donors (Lipinski definition) is 2. The third kappa shape index (κ3) is 0.775. The van der Waals surface area contributed by atoms with Crippen LogP contribution in [0.3, 0.4) is 0 Å². The van der Waals surface area contributed by atoms with Crippen LogP contribution in [0.4, 0.5) is 0 Å². The van der Waals surface area contributed by atoms with Crippen molar-refractivity contribution in [1.29, 1.82) is 0 Å². The Bertz CT molecular complexity index is 208. The zero-order valence-corrected chi connectivity index (χ0v) is 8.04. The Balaban J connectivity index is 2.27. The maximum atomic E-state index is 10.0. The first-order valence-corrected chi connectivity index (χ1v) is 4.77. The maximum Gasteiger partial charge on any atom is 0.0910 e. The van der Waals surface area contributed by atoms with Gasteiger partial charge in [0.15, 0.2) is 0 Å². The van der Waals surface area contributed by atoms with E-state index in [4.69, 9.17) is 0 Å². The predicted molar refractivity (Wildman–Crippen MR) is 46.6 cm³/mol. The van der Waals surface area contributed by atoms with Crippen LogP contribution in [0.1, 0.15) is 33.6 Å². The van der Waals surface area contributed by atoms with E-state index in [0.29, 0.717) is 11.8 Å². The largest absolute Gasteiger partial charge is 0.390 e. The minimum absolute atomic E-state index is 0.239. The smallest absolute Gasteiger partial charge is 0.0910 e. The zero-order chi connectivity index (χ0) is 9.15. The lowest BCUT2D eigenvalue weighted by Gasteiger charge is -2.64. The second-order valence-corrected chi connectivity index (χ2v) is 5.28. The van der Waals surface area contributed by atoms with Crippen molar-refractivity contribution in [1.82, 2.24) is 0 Å². The Labute approximate surface area is 73.6 Å². The van der Waals surface area contributed by atoms with E-state index in [-0.39, 0.29) is 5.41 Å². The van der Waals surface area contributed by atoms with Gasteiger partial charge in [-0.1, -0.05) is 13.8 Å². The molecule has 0 amide bonds. The molecule has 12 heavy (non-hydrogen) atoms. The first-order valence-electron chi connectivity index (χ1n) is 4.77. The van der Waals surface area contributed by atoms with Gasteiger partial charge in [0, 0.05) is 0 Å². The highest BCUT2D eigenvalue weighted by Crippen LogP contribution is 2.62. The molecule has 3 aliphatic rings. The fourth-order valence-electron chi connectivity index (χ4n) is 3.15. The molecule has 3 saturated carbocycles. The Hall–Kier alpha value is -0.0800. The second kappa shape index (κ2) is 2.05. The summed E-state index contributed by atoms with van der Waals surface area (Å²) in [5, 5.41) is 19.7. The third-order valence-electron chi connectivity index (χ3n) is 4.36. The summed E-state index contributed by atoms with van der Waals surface area (Å²) in [6.07, 6.45) is 1.36. The van der Waals surface area contributed by atoms with Gasteiger partial charge in [0.2, 0.25) is 0 Å². The molecular formula is C10H18O2. The number of aliphatic hydroxyl groups excluding tert-OH is 1. The SMILES string of the molecule is CC1(C)C2C[C@H]1CC(O)[C@@]2(C)O. The minimum atomic E-state index is -0.849. The maximum absolute atomic E-state index is 10.0. The van der Waals surface area contributed by atoms with Crippen LogP contribution in [0.5, 0.6) is 0 Å². The fourth-order valence-corrected chi connectivity index (χ4v) is 3.15. The molecule has 4 atom stereocenters. The zero-order valence-electron chi connectivity index (χ0n) is 8.04. The van der Waals surface area contributed by atoms with Crippen LogP contribution < -0.4 is 0 Å². The van der Waals surface area contributed by atoms with Gasteiger partial charge in [0.05, 0.1) is 11.7 Å². The summed E-state index contributed by atoms with van der Waals surface area (Å²) >= 11 is 0. The van der Waals surface area contributed by atoms with Crippen molar-refractivity contribution in [3.05, 3.63) is 0 Å². The number of rotatable bonds is 0. The highest BCUT2D eigenvalue weighted by molar-refractivity contribution is 5.12. The first kappa shape index (κ1) is 8.52. The van der Waals surface area contributed by atoms with E-state index in [0.717, 1.165) is 12.8 Å². The summed E-state index contributed by atoms with van der Waals surface area (Å²) in [6.45, 7) is 6.18. The molecule has 3 rings (SSSR count). The van der Waals surface area contributed by atoms with Crippen LogP contribution in [-0.4, -0.2) is 21.9 Å². The van der Waals surface area contributed by atoms with Crippen LogP contribution in [0.25, 0.3) is 0 Å². The third-order valence-corrected chi connectivity index (χ3v) is 4.36. The van der Waals surface area contributed by atoms with Crippen molar-refractivity contribution in [2.24, 2.45) is 17.3 Å². The van der Waals surface area contributed by atoms with Crippen molar-refractivity contribution in [2.45, 2.75) is 45.3 Å². The Morgan fingerprint density at radius 3 is 2.08 bits per heavy atom. The molecule has 0 heterocycles. The van der Waals surface area contributed by atoms with E-state index in [2.05, 4.69) is 13.8 Å². The number of fused-ring (bicyclic) bond motifs is 2. The second-order valence-electron chi connectivity index (χ2n) is 5.28. The summed E-state index contributed by atoms with van der Waals surface area (Å²) in [5.74, 6) is 0.913. The summed E-state index contributed by atoms with van der Waals surface area (Å²) in [5.41, 5.74) is -0.610. The molecule has 0 spiro atoms. The molecule has 0 radical (unpaired) electrons. The van der Waals surface area contributed by atoms with Gasteiger partial charge in [-0.25, -0.2) is 0 Å². The van der Waals surface area contributed by atoms with Gasteiger partial charge >= 0.3 is 0 Å². The molecule has 3 fully saturated rings. The highest BCUT2D eigenvalue weighted by atomic mass is 16.3. The van der Waals surface area contributed by atoms with E-state index in [1.807, 2.05) is 0 Å². The molecule has 2 heteroatoms. The monoisotopic (exact) mass is 170 g/mol. The highest BCUT2D eigenvalue weighted by Gasteiger charge is 2.62. The molecule has 0 aromatic carbocycles. The lowest BCUT2D eigenvalue weighted by atomic mass is 9.43. The molecule has 0 saturated heterocycles. The molecule has 2 nitrogen and oxygen atoms in total. The van der Waals surface area contributed by atoms with Gasteiger partial charge in [-0.3, -0.25) is 0 Å². The summed E-state index contributed by atoms with van der Waals surface area (Å²) in [6, 6.07) is 0. The van der Waals surface area contributed by atoms with E-state index >= 15 is 0 Å². The predicted octanol–water partition coefficient (Wildman–Crippen LogP) is 1.16. The average molecular weight is 170 g/mol. The van der Waals surface area contributed by atoms with Crippen LogP contribution in [0.2, 0.25) is 0 Å². The van der Waals surface area contributed by atoms with Gasteiger partial charge in [-0.15, -0.1) is 0 Å². The molecule has 2 unspecified atom stereocenters. The summed E-state index contributed by atoms with van der Waals surface area (Å²) in [7, 11) is 0. The van der Waals surface area contributed by atoms with Gasteiger partial charge < -0.3 is 10.2 Å². The van der Waals surface area contributed by atoms with Gasteiger partial charge in [0.1, 0.15) is 0 Å². The first-order chi connectivity index (χ1) is 5.37. The van der Waals surface area contributed by atoms with Crippen molar-refractivity contribution >= 4 is 0 Å². The molecule has 2 bridgehead atoms. The molecular weight excluding hydrogens is 152 g/mol. The van der Waals surface area contributed by atoms with Crippen LogP contribution >= 0.6 is 0 Å². The summed E-state index contributed by atoms with van der Waals surface area (Å²) < 4.78 is 0. The molecule has 0 aromatic heterocycles. The standard InChI is InChI=1S/C10H18O2/c1-9(2)6-4-7(9)10(3,12)8(11)5-6/h6-8,11-12H,4-5H2,1-3H3/t6-,7?,8?,10-/m0/s1. The fraction of sp³-hybridized carbons (Fsp3) is 1.00. The molecule has 70 valence electrons. The topological polar surface area (TPSA) is 40.5 Å². The Morgan fingerprint density at radius 2 is 1.75 bits per heavy atom. The lowest BCUT2D eigenvalue weighted by Crippen LogP contribution is -2.66. The Morgan fingerprint density at radius 1 is 1.17 bits per heavy atom. The van der Waals surface area contributed by atoms with Crippen LogP contribution in [0.15, 0.2) is 0 Å². The minimum Gasteiger partial charge on any atom is -0.390 e. The molecule has 0 aromatic rings. The van der Waals surface area contributed by atoms with E-state index in [1.165, 1.54) is 0 Å². The number of hydrogen-bond acceptors (Lipinski definition) is 2. The van der Waals surface area contributed by atoms with Crippen molar-refractivity contribution in [3.63, 3.8) is 0 Å². The van der Waals surface area contributed by atoms with Crippen molar-refractivity contribution in [3.8, 4) is 0 Å². The van der Waals surface area contributed by atoms with Crippen molar-refractivity contribution < 1.29 is 10.2 Å². The van der Waals surface area contributed by atoms with Crippen molar-refractivity contribution in [2.75, 3.05) is 0 Å². The number of aliphatic hydroxyl groups is 2. The molecule has 3 aliphatic carbocycles. The average Bonchev–Trinajstić information content (AvgIpc) is 1.93. The van der Waals surface area contributed by atoms with Gasteiger partial charge in [0.25, 0.3) is 0 Å².